The van der Waals surface area contributed by atoms with Crippen LogP contribution in [0.15, 0.2) is 64.3 Å². The van der Waals surface area contributed by atoms with Crippen molar-refractivity contribution in [3.05, 3.63) is 77.2 Å². The highest BCUT2D eigenvalue weighted by molar-refractivity contribution is 5.89. The van der Waals surface area contributed by atoms with Crippen molar-refractivity contribution < 1.29 is 23.5 Å². The summed E-state index contributed by atoms with van der Waals surface area (Å²) in [5, 5.41) is 7.09. The van der Waals surface area contributed by atoms with Crippen LogP contribution in [0.4, 0.5) is 5.69 Å². The summed E-state index contributed by atoms with van der Waals surface area (Å²) in [6, 6.07) is 13.9. The molecule has 3 aromatic rings. The molecule has 3 rings (SSSR count). The number of hydrogen-bond donors (Lipinski definition) is 2. The Balaban J connectivity index is 1.56. The van der Waals surface area contributed by atoms with Gasteiger partial charge in [-0.3, -0.25) is 4.79 Å². The van der Waals surface area contributed by atoms with Crippen LogP contribution in [0.1, 0.15) is 27.2 Å². The zero-order chi connectivity index (χ0) is 22.2. The molecule has 0 saturated heterocycles. The van der Waals surface area contributed by atoms with Crippen molar-refractivity contribution in [2.24, 2.45) is 5.10 Å². The molecule has 1 amide bonds. The summed E-state index contributed by atoms with van der Waals surface area (Å²) in [5.74, 6) is -0.247. The topological polar surface area (TPSA) is 102 Å². The normalized spacial score (nSPS) is 10.7. The smallest absolute Gasteiger partial charge is 0.379 e. The SMILES string of the molecule is COc1cc(/C=N/NC(=O)CNc2c(C)cccc2C)ccc1OC(=O)c1ccco1. The van der Waals surface area contributed by atoms with Crippen LogP contribution in [0.25, 0.3) is 0 Å². The summed E-state index contributed by atoms with van der Waals surface area (Å²) in [5.41, 5.74) is 6.19. The van der Waals surface area contributed by atoms with Crippen molar-refractivity contribution >= 4 is 23.8 Å². The quantitative estimate of drug-likeness (QED) is 0.249. The molecule has 2 aromatic carbocycles. The molecule has 0 aliphatic heterocycles. The van der Waals surface area contributed by atoms with Crippen molar-refractivity contribution in [2.45, 2.75) is 13.8 Å². The van der Waals surface area contributed by atoms with Crippen LogP contribution in [-0.2, 0) is 4.79 Å². The minimum atomic E-state index is -0.631. The molecule has 0 radical (unpaired) electrons. The molecule has 0 atom stereocenters. The van der Waals surface area contributed by atoms with Crippen LogP contribution in [-0.4, -0.2) is 31.7 Å². The Bertz CT molecular complexity index is 1070. The molecule has 0 aliphatic carbocycles. The lowest BCUT2D eigenvalue weighted by Gasteiger charge is -2.11. The Morgan fingerprint density at radius 3 is 2.52 bits per heavy atom. The second kappa shape index (κ2) is 10.1. The van der Waals surface area contributed by atoms with E-state index < -0.39 is 5.97 Å². The molecule has 8 nitrogen and oxygen atoms in total. The molecule has 0 spiro atoms. The number of amides is 1. The molecule has 1 aromatic heterocycles. The van der Waals surface area contributed by atoms with Gasteiger partial charge in [0.1, 0.15) is 0 Å². The Kier molecular flexibility index (Phi) is 7.05. The fraction of sp³-hybridized carbons (Fsp3) is 0.174. The first-order valence-corrected chi connectivity index (χ1v) is 9.53. The molecule has 0 fully saturated rings. The molecule has 2 N–H and O–H groups in total. The highest BCUT2D eigenvalue weighted by Crippen LogP contribution is 2.28. The van der Waals surface area contributed by atoms with Gasteiger partial charge in [0, 0.05) is 5.69 Å². The van der Waals surface area contributed by atoms with Gasteiger partial charge in [0.05, 0.1) is 26.1 Å². The van der Waals surface area contributed by atoms with E-state index in [1.807, 2.05) is 32.0 Å². The van der Waals surface area contributed by atoms with Crippen molar-refractivity contribution in [3.8, 4) is 11.5 Å². The average Bonchev–Trinajstić information content (AvgIpc) is 3.29. The first kappa shape index (κ1) is 21.6. The number of anilines is 1. The fourth-order valence-electron chi connectivity index (χ4n) is 2.87. The fourth-order valence-corrected chi connectivity index (χ4v) is 2.87. The summed E-state index contributed by atoms with van der Waals surface area (Å²) >= 11 is 0. The highest BCUT2D eigenvalue weighted by atomic mass is 16.6. The maximum Gasteiger partial charge on any atom is 0.379 e. The Hall–Kier alpha value is -4.07. The van der Waals surface area contributed by atoms with Gasteiger partial charge in [-0.15, -0.1) is 0 Å². The monoisotopic (exact) mass is 421 g/mol. The lowest BCUT2D eigenvalue weighted by atomic mass is 10.1. The van der Waals surface area contributed by atoms with Crippen LogP contribution in [0.5, 0.6) is 11.5 Å². The predicted molar refractivity (Wildman–Crippen MR) is 117 cm³/mol. The summed E-state index contributed by atoms with van der Waals surface area (Å²) in [7, 11) is 1.46. The molecule has 8 heteroatoms. The van der Waals surface area contributed by atoms with E-state index in [-0.39, 0.29) is 24.0 Å². The van der Waals surface area contributed by atoms with Crippen LogP contribution < -0.4 is 20.2 Å². The number of rotatable bonds is 8. The first-order chi connectivity index (χ1) is 15.0. The maximum absolute atomic E-state index is 12.1. The molecular weight excluding hydrogens is 398 g/mol. The van der Waals surface area contributed by atoms with Gasteiger partial charge < -0.3 is 19.2 Å². The molecule has 1 heterocycles. The van der Waals surface area contributed by atoms with Gasteiger partial charge in [-0.2, -0.15) is 5.10 Å². The number of carbonyl (C=O) groups is 2. The van der Waals surface area contributed by atoms with Crippen molar-refractivity contribution in [3.63, 3.8) is 0 Å². The molecule has 0 unspecified atom stereocenters. The number of carbonyl (C=O) groups excluding carboxylic acids is 2. The predicted octanol–water partition coefficient (Wildman–Crippen LogP) is 3.69. The lowest BCUT2D eigenvalue weighted by Crippen LogP contribution is -2.26. The molecule has 31 heavy (non-hydrogen) atoms. The molecule has 0 saturated carbocycles. The van der Waals surface area contributed by atoms with Crippen LogP contribution in [0.2, 0.25) is 0 Å². The molecular formula is C23H23N3O5. The van der Waals surface area contributed by atoms with Crippen molar-refractivity contribution in [1.82, 2.24) is 5.43 Å². The van der Waals surface area contributed by atoms with E-state index in [0.29, 0.717) is 11.3 Å². The summed E-state index contributed by atoms with van der Waals surface area (Å²) in [6.07, 6.45) is 2.86. The number of benzene rings is 2. The van der Waals surface area contributed by atoms with Crippen LogP contribution in [0.3, 0.4) is 0 Å². The third kappa shape index (κ3) is 5.72. The van der Waals surface area contributed by atoms with Gasteiger partial charge in [0.2, 0.25) is 5.76 Å². The summed E-state index contributed by atoms with van der Waals surface area (Å²) in [4.78, 5) is 24.1. The minimum Gasteiger partial charge on any atom is -0.493 e. The summed E-state index contributed by atoms with van der Waals surface area (Å²) < 4.78 is 15.6. The lowest BCUT2D eigenvalue weighted by molar-refractivity contribution is -0.119. The van der Waals surface area contributed by atoms with E-state index in [0.717, 1.165) is 16.8 Å². The molecule has 0 bridgehead atoms. The highest BCUT2D eigenvalue weighted by Gasteiger charge is 2.15. The van der Waals surface area contributed by atoms with Gasteiger partial charge >= 0.3 is 5.97 Å². The Morgan fingerprint density at radius 1 is 1.06 bits per heavy atom. The standard InChI is InChI=1S/C23H23N3O5/c1-15-6-4-7-16(2)22(15)24-14-21(27)26-25-13-17-9-10-18(20(12-17)29-3)31-23(28)19-8-5-11-30-19/h4-13,24H,14H2,1-3H3,(H,26,27)/b25-13+. The third-order valence-corrected chi connectivity index (χ3v) is 4.42. The number of nitrogens with zero attached hydrogens (tertiary/aromatic N) is 1. The van der Waals surface area contributed by atoms with E-state index in [9.17, 15) is 9.59 Å². The largest absolute Gasteiger partial charge is 0.493 e. The number of para-hydroxylation sites is 1. The zero-order valence-corrected chi connectivity index (χ0v) is 17.5. The first-order valence-electron chi connectivity index (χ1n) is 9.53. The van der Waals surface area contributed by atoms with E-state index in [2.05, 4.69) is 15.8 Å². The molecule has 0 aliphatic rings. The van der Waals surface area contributed by atoms with E-state index in [4.69, 9.17) is 13.9 Å². The number of hydrogen-bond acceptors (Lipinski definition) is 7. The second-order valence-electron chi connectivity index (χ2n) is 6.69. The van der Waals surface area contributed by atoms with Gasteiger partial charge in [-0.1, -0.05) is 18.2 Å². The minimum absolute atomic E-state index is 0.0879. The Morgan fingerprint density at radius 2 is 1.84 bits per heavy atom. The number of methoxy groups -OCH3 is 1. The van der Waals surface area contributed by atoms with Crippen LogP contribution in [0, 0.1) is 13.8 Å². The summed E-state index contributed by atoms with van der Waals surface area (Å²) in [6.45, 7) is 4.05. The molecule has 160 valence electrons. The van der Waals surface area contributed by atoms with E-state index in [1.54, 1.807) is 24.3 Å². The number of esters is 1. The third-order valence-electron chi connectivity index (χ3n) is 4.42. The van der Waals surface area contributed by atoms with Gasteiger partial charge in [-0.25, -0.2) is 10.2 Å². The number of nitrogens with one attached hydrogen (secondary N) is 2. The van der Waals surface area contributed by atoms with Crippen LogP contribution >= 0.6 is 0 Å². The maximum atomic E-state index is 12.1. The number of aryl methyl sites for hydroxylation is 2. The van der Waals surface area contributed by atoms with Crippen molar-refractivity contribution in [1.29, 1.82) is 0 Å². The number of ether oxygens (including phenoxy) is 2. The second-order valence-corrected chi connectivity index (χ2v) is 6.69. The Labute approximate surface area is 179 Å². The van der Waals surface area contributed by atoms with E-state index in [1.165, 1.54) is 25.7 Å². The van der Waals surface area contributed by atoms with Crippen molar-refractivity contribution in [2.75, 3.05) is 19.0 Å². The van der Waals surface area contributed by atoms with Gasteiger partial charge in [0.15, 0.2) is 11.5 Å². The number of hydrazone groups is 1. The number of furan rings is 1. The van der Waals surface area contributed by atoms with Gasteiger partial charge in [0.25, 0.3) is 5.91 Å². The average molecular weight is 421 g/mol. The van der Waals surface area contributed by atoms with E-state index >= 15 is 0 Å². The zero-order valence-electron chi connectivity index (χ0n) is 17.5. The van der Waals surface area contributed by atoms with Gasteiger partial charge in [-0.05, 0) is 60.9 Å².